The zero-order chi connectivity index (χ0) is 20.9. The van der Waals surface area contributed by atoms with Crippen LogP contribution >= 0.6 is 0 Å². The van der Waals surface area contributed by atoms with Gasteiger partial charge in [0, 0.05) is 62.4 Å². The third kappa shape index (κ3) is 4.65. The van der Waals surface area contributed by atoms with Crippen molar-refractivity contribution in [2.75, 3.05) is 46.6 Å². The van der Waals surface area contributed by atoms with Crippen molar-refractivity contribution in [2.45, 2.75) is 13.8 Å². The molecule has 8 heteroatoms. The van der Waals surface area contributed by atoms with Gasteiger partial charge in [0.1, 0.15) is 11.6 Å². The molecular formula is C22H25N7O. The van der Waals surface area contributed by atoms with E-state index in [0.717, 1.165) is 60.7 Å². The van der Waals surface area contributed by atoms with Crippen LogP contribution in [0.25, 0.3) is 0 Å². The molecule has 0 saturated carbocycles. The molecule has 1 aromatic carbocycles. The van der Waals surface area contributed by atoms with Gasteiger partial charge in [0.15, 0.2) is 0 Å². The maximum Gasteiger partial charge on any atom is 0.227 e. The third-order valence-corrected chi connectivity index (χ3v) is 4.96. The average molecular weight is 403 g/mol. The molecule has 0 spiro atoms. The molecule has 3 aromatic rings. The Hall–Kier alpha value is -3.68. The van der Waals surface area contributed by atoms with E-state index in [1.54, 1.807) is 0 Å². The number of piperazine rings is 1. The lowest BCUT2D eigenvalue weighted by atomic mass is 10.2. The number of nitrogens with zero attached hydrogens (tertiary/aromatic N) is 5. The molecule has 30 heavy (non-hydrogen) atoms. The molecule has 1 saturated heterocycles. The second-order valence-corrected chi connectivity index (χ2v) is 7.25. The minimum atomic E-state index is -0.0878. The SMILES string of the molecule is CC(=O)Nc1ccc(Nc2nc(N3CCN(c4ccccn4)CC3)ncc2C)cc1. The summed E-state index contributed by atoms with van der Waals surface area (Å²) < 4.78 is 0. The Balaban J connectivity index is 1.43. The summed E-state index contributed by atoms with van der Waals surface area (Å²) in [6.45, 7) is 6.91. The molecule has 1 fully saturated rings. The van der Waals surface area contributed by atoms with E-state index in [4.69, 9.17) is 4.98 Å². The van der Waals surface area contributed by atoms with Crippen molar-refractivity contribution in [3.63, 3.8) is 0 Å². The molecule has 2 aromatic heterocycles. The van der Waals surface area contributed by atoms with E-state index in [2.05, 4.69) is 30.4 Å². The zero-order valence-corrected chi connectivity index (χ0v) is 17.2. The number of carbonyl (C=O) groups is 1. The predicted molar refractivity (Wildman–Crippen MR) is 119 cm³/mol. The second-order valence-electron chi connectivity index (χ2n) is 7.25. The van der Waals surface area contributed by atoms with Crippen LogP contribution in [0.15, 0.2) is 54.9 Å². The molecule has 2 N–H and O–H groups in total. The van der Waals surface area contributed by atoms with Crippen LogP contribution in [0.4, 0.5) is 29.0 Å². The molecule has 0 aliphatic carbocycles. The number of pyridine rings is 1. The minimum Gasteiger partial charge on any atom is -0.353 e. The Labute approximate surface area is 176 Å². The zero-order valence-electron chi connectivity index (χ0n) is 17.2. The van der Waals surface area contributed by atoms with Crippen LogP contribution in [-0.2, 0) is 4.79 Å². The van der Waals surface area contributed by atoms with Gasteiger partial charge in [-0.1, -0.05) is 6.07 Å². The van der Waals surface area contributed by atoms with Crippen LogP contribution in [-0.4, -0.2) is 47.0 Å². The van der Waals surface area contributed by atoms with Gasteiger partial charge in [-0.3, -0.25) is 4.79 Å². The largest absolute Gasteiger partial charge is 0.353 e. The molecule has 0 atom stereocenters. The number of nitrogens with one attached hydrogen (secondary N) is 2. The number of aryl methyl sites for hydroxylation is 1. The molecule has 1 aliphatic rings. The van der Waals surface area contributed by atoms with Gasteiger partial charge in [0.2, 0.25) is 11.9 Å². The first-order valence-electron chi connectivity index (χ1n) is 9.98. The molecule has 0 unspecified atom stereocenters. The monoisotopic (exact) mass is 403 g/mol. The Morgan fingerprint density at radius 3 is 2.30 bits per heavy atom. The summed E-state index contributed by atoms with van der Waals surface area (Å²) in [4.78, 5) is 29.4. The van der Waals surface area contributed by atoms with Crippen molar-refractivity contribution >= 4 is 34.9 Å². The van der Waals surface area contributed by atoms with E-state index in [0.29, 0.717) is 0 Å². The van der Waals surface area contributed by atoms with Crippen molar-refractivity contribution < 1.29 is 4.79 Å². The van der Waals surface area contributed by atoms with Crippen LogP contribution in [0.2, 0.25) is 0 Å². The highest BCUT2D eigenvalue weighted by molar-refractivity contribution is 5.88. The maximum atomic E-state index is 11.2. The van der Waals surface area contributed by atoms with Gasteiger partial charge in [-0.25, -0.2) is 9.97 Å². The van der Waals surface area contributed by atoms with E-state index < -0.39 is 0 Å². The molecule has 4 rings (SSSR count). The van der Waals surface area contributed by atoms with E-state index in [1.165, 1.54) is 6.92 Å². The Bertz CT molecular complexity index is 1000. The van der Waals surface area contributed by atoms with Crippen molar-refractivity contribution in [3.05, 3.63) is 60.4 Å². The normalized spacial score (nSPS) is 13.8. The summed E-state index contributed by atoms with van der Waals surface area (Å²) in [5, 5.41) is 6.12. The van der Waals surface area contributed by atoms with E-state index >= 15 is 0 Å². The van der Waals surface area contributed by atoms with Crippen LogP contribution < -0.4 is 20.4 Å². The highest BCUT2D eigenvalue weighted by atomic mass is 16.1. The summed E-state index contributed by atoms with van der Waals surface area (Å²) in [7, 11) is 0. The number of hydrogen-bond donors (Lipinski definition) is 2. The van der Waals surface area contributed by atoms with Gasteiger partial charge in [-0.15, -0.1) is 0 Å². The standard InChI is InChI=1S/C22H25N7O/c1-16-15-24-22(29-13-11-28(12-14-29)20-5-3-4-10-23-20)27-21(16)26-19-8-6-18(7-9-19)25-17(2)30/h3-10,15H,11-14H2,1-2H3,(H,25,30)(H,24,26,27). The highest BCUT2D eigenvalue weighted by Crippen LogP contribution is 2.23. The molecule has 3 heterocycles. The van der Waals surface area contributed by atoms with Crippen LogP contribution in [0.1, 0.15) is 12.5 Å². The van der Waals surface area contributed by atoms with Gasteiger partial charge >= 0.3 is 0 Å². The predicted octanol–water partition coefficient (Wildman–Crippen LogP) is 3.21. The van der Waals surface area contributed by atoms with Crippen molar-refractivity contribution in [1.82, 2.24) is 15.0 Å². The van der Waals surface area contributed by atoms with Crippen molar-refractivity contribution in [3.8, 4) is 0 Å². The number of hydrogen-bond acceptors (Lipinski definition) is 7. The van der Waals surface area contributed by atoms with E-state index in [1.807, 2.05) is 61.8 Å². The fourth-order valence-electron chi connectivity index (χ4n) is 3.36. The lowest BCUT2D eigenvalue weighted by Gasteiger charge is -2.35. The number of rotatable bonds is 5. The van der Waals surface area contributed by atoms with Crippen molar-refractivity contribution in [2.24, 2.45) is 0 Å². The number of anilines is 5. The smallest absolute Gasteiger partial charge is 0.227 e. The second kappa shape index (κ2) is 8.77. The van der Waals surface area contributed by atoms with Gasteiger partial charge in [0.05, 0.1) is 0 Å². The van der Waals surface area contributed by atoms with Crippen LogP contribution in [0.5, 0.6) is 0 Å². The molecule has 8 nitrogen and oxygen atoms in total. The highest BCUT2D eigenvalue weighted by Gasteiger charge is 2.20. The quantitative estimate of drug-likeness (QED) is 0.676. The van der Waals surface area contributed by atoms with Gasteiger partial charge in [-0.2, -0.15) is 4.98 Å². The molecule has 0 bridgehead atoms. The maximum absolute atomic E-state index is 11.2. The summed E-state index contributed by atoms with van der Waals surface area (Å²) in [5.74, 6) is 2.42. The molecule has 154 valence electrons. The van der Waals surface area contributed by atoms with Gasteiger partial charge < -0.3 is 20.4 Å². The first kappa shape index (κ1) is 19.6. The Morgan fingerprint density at radius 1 is 0.933 bits per heavy atom. The molecular weight excluding hydrogens is 378 g/mol. The summed E-state index contributed by atoms with van der Waals surface area (Å²) in [6, 6.07) is 13.5. The average Bonchev–Trinajstić information content (AvgIpc) is 2.77. The summed E-state index contributed by atoms with van der Waals surface area (Å²) in [5.41, 5.74) is 2.63. The number of carbonyl (C=O) groups excluding carboxylic acids is 1. The Kier molecular flexibility index (Phi) is 5.74. The van der Waals surface area contributed by atoms with Gasteiger partial charge in [-0.05, 0) is 43.3 Å². The summed E-state index contributed by atoms with van der Waals surface area (Å²) in [6.07, 6.45) is 3.67. The van der Waals surface area contributed by atoms with E-state index in [-0.39, 0.29) is 5.91 Å². The van der Waals surface area contributed by atoms with Crippen LogP contribution in [0, 0.1) is 6.92 Å². The lowest BCUT2D eigenvalue weighted by Crippen LogP contribution is -2.47. The number of aromatic nitrogens is 3. The fraction of sp³-hybridized carbons (Fsp3) is 0.273. The topological polar surface area (TPSA) is 86.3 Å². The minimum absolute atomic E-state index is 0.0878. The molecule has 1 aliphatic heterocycles. The lowest BCUT2D eigenvalue weighted by molar-refractivity contribution is -0.114. The van der Waals surface area contributed by atoms with E-state index in [9.17, 15) is 4.79 Å². The van der Waals surface area contributed by atoms with Crippen LogP contribution in [0.3, 0.4) is 0 Å². The molecule has 0 radical (unpaired) electrons. The first-order valence-corrected chi connectivity index (χ1v) is 9.98. The number of amides is 1. The Morgan fingerprint density at radius 2 is 1.63 bits per heavy atom. The summed E-state index contributed by atoms with van der Waals surface area (Å²) >= 11 is 0. The van der Waals surface area contributed by atoms with Gasteiger partial charge in [0.25, 0.3) is 0 Å². The number of benzene rings is 1. The first-order chi connectivity index (χ1) is 14.6. The third-order valence-electron chi connectivity index (χ3n) is 4.96. The van der Waals surface area contributed by atoms with Crippen molar-refractivity contribution in [1.29, 1.82) is 0 Å². The molecule has 1 amide bonds. The fourth-order valence-corrected chi connectivity index (χ4v) is 3.36.